The molecule has 0 fully saturated rings. The molecule has 1 heterocycles. The monoisotopic (exact) mass is 340 g/mol. The Balaban J connectivity index is 2.37. The molecule has 0 atom stereocenters. The summed E-state index contributed by atoms with van der Waals surface area (Å²) in [6.45, 7) is 0.0805. The van der Waals surface area contributed by atoms with E-state index in [1.807, 2.05) is 0 Å². The van der Waals surface area contributed by atoms with Crippen LogP contribution < -0.4 is 9.54 Å². The molecule has 0 aliphatic carbocycles. The number of sulfone groups is 1. The summed E-state index contributed by atoms with van der Waals surface area (Å²) in [6, 6.07) is 3.70. The van der Waals surface area contributed by atoms with Crippen LogP contribution in [0.5, 0.6) is 5.75 Å². The van der Waals surface area contributed by atoms with Gasteiger partial charge in [-0.1, -0.05) is 11.3 Å². The molecule has 116 valence electrons. The highest BCUT2D eigenvalue weighted by atomic mass is 32.2. The highest BCUT2D eigenvalue weighted by Crippen LogP contribution is 2.27. The molecular formula is C11H11F3N2O3S2. The van der Waals surface area contributed by atoms with Gasteiger partial charge in [0.2, 0.25) is 0 Å². The van der Waals surface area contributed by atoms with Gasteiger partial charge in [0, 0.05) is 12.8 Å². The zero-order valence-electron chi connectivity index (χ0n) is 10.8. The third-order valence-corrected chi connectivity index (χ3v) is 4.48. The SMILES string of the molecule is CS(=O)(=O)CCn1c(=N)sc2cc(OC(F)(F)F)ccc21. The van der Waals surface area contributed by atoms with Crippen LogP contribution >= 0.6 is 11.3 Å². The Morgan fingerprint density at radius 1 is 1.38 bits per heavy atom. The first-order chi connectivity index (χ1) is 9.55. The maximum atomic E-state index is 12.2. The molecule has 21 heavy (non-hydrogen) atoms. The normalized spacial score (nSPS) is 12.8. The second-order valence-corrected chi connectivity index (χ2v) is 7.66. The van der Waals surface area contributed by atoms with Crippen molar-refractivity contribution < 1.29 is 26.3 Å². The molecule has 0 aliphatic rings. The first kappa shape index (κ1) is 15.8. The van der Waals surface area contributed by atoms with Crippen molar-refractivity contribution in [3.63, 3.8) is 0 Å². The summed E-state index contributed by atoms with van der Waals surface area (Å²) in [7, 11) is -3.19. The molecule has 0 unspecified atom stereocenters. The molecule has 1 aromatic carbocycles. The van der Waals surface area contributed by atoms with Crippen molar-refractivity contribution >= 4 is 31.4 Å². The minimum atomic E-state index is -4.78. The lowest BCUT2D eigenvalue weighted by Gasteiger charge is -2.09. The van der Waals surface area contributed by atoms with Gasteiger partial charge in [-0.2, -0.15) is 0 Å². The van der Waals surface area contributed by atoms with Crippen LogP contribution in [0, 0.1) is 5.41 Å². The Labute approximate surface area is 122 Å². The molecule has 0 bridgehead atoms. The average molecular weight is 340 g/mol. The average Bonchev–Trinajstić information content (AvgIpc) is 2.58. The van der Waals surface area contributed by atoms with Crippen molar-refractivity contribution in [1.82, 2.24) is 4.57 Å². The Hall–Kier alpha value is -1.55. The number of aromatic nitrogens is 1. The van der Waals surface area contributed by atoms with E-state index in [0.717, 1.165) is 23.7 Å². The Kier molecular flexibility index (Phi) is 4.02. The Morgan fingerprint density at radius 3 is 2.62 bits per heavy atom. The fourth-order valence-corrected chi connectivity index (χ4v) is 3.22. The number of rotatable bonds is 4. The molecule has 0 saturated heterocycles. The number of alkyl halides is 3. The van der Waals surface area contributed by atoms with Crippen molar-refractivity contribution in [2.45, 2.75) is 12.9 Å². The zero-order valence-corrected chi connectivity index (χ0v) is 12.4. The summed E-state index contributed by atoms with van der Waals surface area (Å²) >= 11 is 0.957. The number of thiazole rings is 1. The van der Waals surface area contributed by atoms with Gasteiger partial charge in [0.25, 0.3) is 0 Å². The van der Waals surface area contributed by atoms with E-state index in [2.05, 4.69) is 4.74 Å². The number of fused-ring (bicyclic) bond motifs is 1. The maximum Gasteiger partial charge on any atom is 0.573 e. The van der Waals surface area contributed by atoms with E-state index in [-0.39, 0.29) is 22.8 Å². The minimum Gasteiger partial charge on any atom is -0.406 e. The van der Waals surface area contributed by atoms with Gasteiger partial charge in [-0.3, -0.25) is 5.41 Å². The number of nitrogens with one attached hydrogen (secondary N) is 1. The van der Waals surface area contributed by atoms with E-state index < -0.39 is 16.2 Å². The second-order valence-electron chi connectivity index (χ2n) is 4.37. The highest BCUT2D eigenvalue weighted by molar-refractivity contribution is 7.90. The first-order valence-corrected chi connectivity index (χ1v) is 8.54. The van der Waals surface area contributed by atoms with Crippen molar-refractivity contribution in [2.24, 2.45) is 0 Å². The van der Waals surface area contributed by atoms with Crippen LogP contribution in [0.1, 0.15) is 0 Å². The van der Waals surface area contributed by atoms with Gasteiger partial charge in [0.15, 0.2) is 4.80 Å². The quantitative estimate of drug-likeness (QED) is 0.927. The summed E-state index contributed by atoms with van der Waals surface area (Å²) in [4.78, 5) is 0.0674. The van der Waals surface area contributed by atoms with E-state index >= 15 is 0 Å². The fraction of sp³-hybridized carbons (Fsp3) is 0.364. The van der Waals surface area contributed by atoms with Crippen LogP contribution in [0.15, 0.2) is 18.2 Å². The fourth-order valence-electron chi connectivity index (χ4n) is 1.74. The molecule has 10 heteroatoms. The molecule has 0 saturated carbocycles. The first-order valence-electron chi connectivity index (χ1n) is 5.67. The van der Waals surface area contributed by atoms with E-state index in [1.165, 1.54) is 16.7 Å². The van der Waals surface area contributed by atoms with E-state index in [0.29, 0.717) is 10.2 Å². The van der Waals surface area contributed by atoms with E-state index in [1.54, 1.807) is 0 Å². The standard InChI is InChI=1S/C11H11F3N2O3S2/c1-21(17,18)5-4-16-8-3-2-7(19-11(12,13)14)6-9(8)20-10(16)15/h2-3,6,15H,4-5H2,1H3. The smallest absolute Gasteiger partial charge is 0.406 e. The van der Waals surface area contributed by atoms with E-state index in [9.17, 15) is 21.6 Å². The number of hydrogen-bond acceptors (Lipinski definition) is 5. The number of benzene rings is 1. The van der Waals surface area contributed by atoms with Crippen molar-refractivity contribution in [1.29, 1.82) is 5.41 Å². The van der Waals surface area contributed by atoms with Gasteiger partial charge >= 0.3 is 6.36 Å². The molecular weight excluding hydrogens is 329 g/mol. The minimum absolute atomic E-state index is 0.0674. The molecule has 2 aromatic rings. The maximum absolute atomic E-state index is 12.2. The number of hydrogen-bond donors (Lipinski definition) is 1. The van der Waals surface area contributed by atoms with Crippen LogP contribution in [-0.4, -0.2) is 31.4 Å². The van der Waals surface area contributed by atoms with Gasteiger partial charge in [0.1, 0.15) is 15.6 Å². The van der Waals surface area contributed by atoms with Crippen LogP contribution in [0.2, 0.25) is 0 Å². The number of nitrogens with zero attached hydrogens (tertiary/aromatic N) is 1. The molecule has 1 aromatic heterocycles. The lowest BCUT2D eigenvalue weighted by Crippen LogP contribution is -2.19. The Bertz CT molecular complexity index is 821. The number of ether oxygens (including phenoxy) is 1. The predicted octanol–water partition coefficient (Wildman–Crippen LogP) is 2.13. The van der Waals surface area contributed by atoms with Gasteiger partial charge in [-0.15, -0.1) is 13.2 Å². The zero-order chi connectivity index (χ0) is 15.8. The topological polar surface area (TPSA) is 72.2 Å². The van der Waals surface area contributed by atoms with Crippen molar-refractivity contribution in [2.75, 3.05) is 12.0 Å². The summed E-state index contributed by atoms with van der Waals surface area (Å²) in [5.74, 6) is -0.512. The molecule has 2 rings (SSSR count). The lowest BCUT2D eigenvalue weighted by molar-refractivity contribution is -0.274. The summed E-state index contributed by atoms with van der Waals surface area (Å²) in [6.07, 6.45) is -3.69. The van der Waals surface area contributed by atoms with Crippen LogP contribution in [0.4, 0.5) is 13.2 Å². The van der Waals surface area contributed by atoms with Crippen molar-refractivity contribution in [3.05, 3.63) is 23.0 Å². The molecule has 0 radical (unpaired) electrons. The highest BCUT2D eigenvalue weighted by Gasteiger charge is 2.31. The van der Waals surface area contributed by atoms with Gasteiger partial charge in [-0.25, -0.2) is 8.42 Å². The third-order valence-electron chi connectivity index (χ3n) is 2.59. The van der Waals surface area contributed by atoms with Crippen LogP contribution in [-0.2, 0) is 16.4 Å². The molecule has 5 nitrogen and oxygen atoms in total. The summed E-state index contributed by atoms with van der Waals surface area (Å²) in [5.41, 5.74) is 0.503. The van der Waals surface area contributed by atoms with Crippen LogP contribution in [0.3, 0.4) is 0 Å². The second kappa shape index (κ2) is 5.34. The molecule has 0 aliphatic heterocycles. The summed E-state index contributed by atoms with van der Waals surface area (Å²) < 4.78 is 64.5. The molecule has 0 spiro atoms. The third kappa shape index (κ3) is 4.21. The van der Waals surface area contributed by atoms with Crippen molar-refractivity contribution in [3.8, 4) is 5.75 Å². The largest absolute Gasteiger partial charge is 0.573 e. The summed E-state index contributed by atoms with van der Waals surface area (Å²) in [5, 5.41) is 7.78. The van der Waals surface area contributed by atoms with Crippen LogP contribution in [0.25, 0.3) is 10.2 Å². The Morgan fingerprint density at radius 2 is 2.05 bits per heavy atom. The van der Waals surface area contributed by atoms with Gasteiger partial charge in [0.05, 0.1) is 16.0 Å². The predicted molar refractivity (Wildman–Crippen MR) is 72.1 cm³/mol. The number of halogens is 3. The van der Waals surface area contributed by atoms with Gasteiger partial charge < -0.3 is 9.30 Å². The molecule has 1 N–H and O–H groups in total. The molecule has 0 amide bonds. The number of aryl methyl sites for hydroxylation is 1. The van der Waals surface area contributed by atoms with Gasteiger partial charge in [-0.05, 0) is 18.2 Å². The lowest BCUT2D eigenvalue weighted by atomic mass is 10.3. The van der Waals surface area contributed by atoms with E-state index in [4.69, 9.17) is 5.41 Å².